The number of carboxylic acid groups (broad SMARTS) is 1. The van der Waals surface area contributed by atoms with Crippen molar-refractivity contribution in [1.29, 1.82) is 0 Å². The predicted octanol–water partition coefficient (Wildman–Crippen LogP) is 1.72. The molecule has 1 unspecified atom stereocenters. The molecule has 0 spiro atoms. The molecule has 1 atom stereocenters. The SMILES string of the molecule is O=C(O)CC1COCCN1C(=O)Cc1c(F)cccc1Cl. The molecule has 21 heavy (non-hydrogen) atoms. The van der Waals surface area contributed by atoms with Gasteiger partial charge in [-0.1, -0.05) is 17.7 Å². The number of carbonyl (C=O) groups is 2. The van der Waals surface area contributed by atoms with Crippen LogP contribution in [-0.2, 0) is 20.7 Å². The maximum atomic E-state index is 13.7. The summed E-state index contributed by atoms with van der Waals surface area (Å²) in [6.07, 6.45) is -0.391. The third-order valence-electron chi connectivity index (χ3n) is 3.35. The first-order valence-corrected chi connectivity index (χ1v) is 6.88. The highest BCUT2D eigenvalue weighted by molar-refractivity contribution is 6.31. The van der Waals surface area contributed by atoms with Crippen molar-refractivity contribution in [3.8, 4) is 0 Å². The Morgan fingerprint density at radius 1 is 1.48 bits per heavy atom. The molecule has 0 aromatic heterocycles. The lowest BCUT2D eigenvalue weighted by Crippen LogP contribution is -2.50. The molecule has 1 fully saturated rings. The smallest absolute Gasteiger partial charge is 0.305 e. The number of aliphatic carboxylic acids is 1. The molecule has 1 aromatic rings. The van der Waals surface area contributed by atoms with E-state index in [0.717, 1.165) is 0 Å². The number of morpholine rings is 1. The fraction of sp³-hybridized carbons (Fsp3) is 0.429. The highest BCUT2D eigenvalue weighted by Gasteiger charge is 2.29. The van der Waals surface area contributed by atoms with E-state index in [9.17, 15) is 14.0 Å². The number of benzene rings is 1. The number of rotatable bonds is 4. The van der Waals surface area contributed by atoms with Crippen LogP contribution in [0.25, 0.3) is 0 Å². The molecule has 1 aliphatic heterocycles. The third-order valence-corrected chi connectivity index (χ3v) is 3.70. The fourth-order valence-electron chi connectivity index (χ4n) is 2.31. The highest BCUT2D eigenvalue weighted by atomic mass is 35.5. The van der Waals surface area contributed by atoms with E-state index in [0.29, 0.717) is 13.2 Å². The zero-order valence-corrected chi connectivity index (χ0v) is 12.0. The molecule has 2 rings (SSSR count). The number of hydrogen-bond acceptors (Lipinski definition) is 3. The van der Waals surface area contributed by atoms with Crippen LogP contribution in [-0.4, -0.2) is 47.7 Å². The van der Waals surface area contributed by atoms with Crippen LogP contribution in [0.4, 0.5) is 4.39 Å². The Balaban J connectivity index is 2.12. The summed E-state index contributed by atoms with van der Waals surface area (Å²) in [4.78, 5) is 24.6. The summed E-state index contributed by atoms with van der Waals surface area (Å²) in [6, 6.07) is 3.69. The van der Waals surface area contributed by atoms with Crippen molar-refractivity contribution >= 4 is 23.5 Å². The van der Waals surface area contributed by atoms with Gasteiger partial charge in [-0.15, -0.1) is 0 Å². The summed E-state index contributed by atoms with van der Waals surface area (Å²) in [5.41, 5.74) is 0.129. The normalized spacial score (nSPS) is 18.6. The fourth-order valence-corrected chi connectivity index (χ4v) is 2.54. The molecule has 0 bridgehead atoms. The van der Waals surface area contributed by atoms with Crippen LogP contribution in [0.5, 0.6) is 0 Å². The lowest BCUT2D eigenvalue weighted by atomic mass is 10.1. The van der Waals surface area contributed by atoms with Crippen LogP contribution >= 0.6 is 11.6 Å². The summed E-state index contributed by atoms with van der Waals surface area (Å²) in [5, 5.41) is 9.06. The van der Waals surface area contributed by atoms with Gasteiger partial charge in [0.25, 0.3) is 0 Å². The van der Waals surface area contributed by atoms with Gasteiger partial charge in [0.1, 0.15) is 5.82 Å². The minimum atomic E-state index is -1.01. The summed E-state index contributed by atoms with van der Waals surface area (Å²) in [7, 11) is 0. The zero-order chi connectivity index (χ0) is 15.4. The monoisotopic (exact) mass is 315 g/mol. The molecule has 5 nitrogen and oxygen atoms in total. The minimum absolute atomic E-state index is 0.129. The van der Waals surface area contributed by atoms with Crippen LogP contribution in [0.2, 0.25) is 5.02 Å². The maximum absolute atomic E-state index is 13.7. The van der Waals surface area contributed by atoms with Crippen molar-refractivity contribution < 1.29 is 23.8 Å². The topological polar surface area (TPSA) is 66.8 Å². The third kappa shape index (κ3) is 3.92. The molecule has 1 aliphatic rings. The Morgan fingerprint density at radius 3 is 2.90 bits per heavy atom. The molecule has 1 amide bonds. The van der Waals surface area contributed by atoms with Crippen LogP contribution in [0.15, 0.2) is 18.2 Å². The molecule has 1 heterocycles. The van der Waals surface area contributed by atoms with Gasteiger partial charge in [0.15, 0.2) is 0 Å². The van der Waals surface area contributed by atoms with Gasteiger partial charge in [0.2, 0.25) is 5.91 Å². The quantitative estimate of drug-likeness (QED) is 0.919. The van der Waals surface area contributed by atoms with E-state index in [1.165, 1.54) is 23.1 Å². The Morgan fingerprint density at radius 2 is 2.24 bits per heavy atom. The van der Waals surface area contributed by atoms with Gasteiger partial charge in [0, 0.05) is 17.1 Å². The van der Waals surface area contributed by atoms with E-state index in [4.69, 9.17) is 21.4 Å². The molecule has 1 aromatic carbocycles. The number of amides is 1. The molecule has 0 aliphatic carbocycles. The lowest BCUT2D eigenvalue weighted by molar-refractivity contribution is -0.145. The van der Waals surface area contributed by atoms with Gasteiger partial charge >= 0.3 is 5.97 Å². The van der Waals surface area contributed by atoms with E-state index in [1.54, 1.807) is 0 Å². The second-order valence-electron chi connectivity index (χ2n) is 4.79. The van der Waals surface area contributed by atoms with Crippen molar-refractivity contribution in [3.05, 3.63) is 34.6 Å². The molecule has 0 saturated carbocycles. The first-order chi connectivity index (χ1) is 9.99. The number of carboxylic acids is 1. The van der Waals surface area contributed by atoms with E-state index >= 15 is 0 Å². The van der Waals surface area contributed by atoms with Crippen molar-refractivity contribution in [2.45, 2.75) is 18.9 Å². The number of carbonyl (C=O) groups excluding carboxylic acids is 1. The second kappa shape index (κ2) is 6.87. The van der Waals surface area contributed by atoms with E-state index in [1.807, 2.05) is 0 Å². The highest BCUT2D eigenvalue weighted by Crippen LogP contribution is 2.21. The molecule has 0 radical (unpaired) electrons. The first-order valence-electron chi connectivity index (χ1n) is 6.51. The van der Waals surface area contributed by atoms with E-state index in [-0.39, 0.29) is 35.9 Å². The molecular weight excluding hydrogens is 301 g/mol. The average molecular weight is 316 g/mol. The Hall–Kier alpha value is -1.66. The second-order valence-corrected chi connectivity index (χ2v) is 5.20. The molecule has 114 valence electrons. The van der Waals surface area contributed by atoms with Crippen molar-refractivity contribution in [1.82, 2.24) is 4.90 Å². The number of nitrogens with zero attached hydrogens (tertiary/aromatic N) is 1. The lowest BCUT2D eigenvalue weighted by Gasteiger charge is -2.35. The van der Waals surface area contributed by atoms with Gasteiger partial charge in [-0.3, -0.25) is 9.59 Å². The van der Waals surface area contributed by atoms with Crippen LogP contribution in [0, 0.1) is 5.82 Å². The van der Waals surface area contributed by atoms with Gasteiger partial charge in [-0.2, -0.15) is 0 Å². The number of halogens is 2. The zero-order valence-electron chi connectivity index (χ0n) is 11.2. The van der Waals surface area contributed by atoms with Crippen molar-refractivity contribution in [2.75, 3.05) is 19.8 Å². The van der Waals surface area contributed by atoms with Crippen LogP contribution in [0.3, 0.4) is 0 Å². The Bertz CT molecular complexity index is 532. The molecular formula is C14H15ClFNO4. The Kier molecular flexibility index (Phi) is 5.14. The maximum Gasteiger partial charge on any atom is 0.305 e. The number of ether oxygens (including phenoxy) is 1. The van der Waals surface area contributed by atoms with E-state index in [2.05, 4.69) is 0 Å². The summed E-state index contributed by atoms with van der Waals surface area (Å²) >= 11 is 5.90. The molecule has 1 N–H and O–H groups in total. The summed E-state index contributed by atoms with van der Waals surface area (Å²) in [6.45, 7) is 0.804. The number of hydrogen-bond donors (Lipinski definition) is 1. The standard InChI is InChI=1S/C14H15ClFNO4/c15-11-2-1-3-12(16)10(11)7-13(18)17-4-5-21-8-9(17)6-14(19)20/h1-3,9H,4-8H2,(H,19,20). The van der Waals surface area contributed by atoms with Gasteiger partial charge < -0.3 is 14.7 Å². The minimum Gasteiger partial charge on any atom is -0.481 e. The van der Waals surface area contributed by atoms with Crippen LogP contribution in [0.1, 0.15) is 12.0 Å². The largest absolute Gasteiger partial charge is 0.481 e. The molecule has 7 heteroatoms. The Labute approximate surface area is 126 Å². The average Bonchev–Trinajstić information content (AvgIpc) is 2.43. The van der Waals surface area contributed by atoms with Crippen molar-refractivity contribution in [2.24, 2.45) is 0 Å². The summed E-state index contributed by atoms with van der Waals surface area (Å²) < 4.78 is 18.9. The van der Waals surface area contributed by atoms with E-state index < -0.39 is 17.8 Å². The molecule has 1 saturated heterocycles. The van der Waals surface area contributed by atoms with Crippen molar-refractivity contribution in [3.63, 3.8) is 0 Å². The first kappa shape index (κ1) is 15.7. The van der Waals surface area contributed by atoms with Crippen LogP contribution < -0.4 is 0 Å². The summed E-state index contributed by atoms with van der Waals surface area (Å²) in [5.74, 6) is -1.90. The van der Waals surface area contributed by atoms with Gasteiger partial charge in [-0.05, 0) is 12.1 Å². The van der Waals surface area contributed by atoms with Gasteiger partial charge in [0.05, 0.1) is 32.1 Å². The predicted molar refractivity (Wildman–Crippen MR) is 73.7 cm³/mol. The van der Waals surface area contributed by atoms with Gasteiger partial charge in [-0.25, -0.2) is 4.39 Å².